The molecule has 6 nitrogen and oxygen atoms in total. The number of rotatable bonds is 6. The lowest BCUT2D eigenvalue weighted by molar-refractivity contribution is -0.0501. The molecule has 27 heavy (non-hydrogen) atoms. The van der Waals surface area contributed by atoms with Crippen molar-refractivity contribution < 1.29 is 23.1 Å². The molecule has 0 radical (unpaired) electrons. The number of aromatic nitrogens is 2. The molecule has 138 valence electrons. The molecule has 8 heteroatoms. The first-order valence-corrected chi connectivity index (χ1v) is 7.93. The summed E-state index contributed by atoms with van der Waals surface area (Å²) in [5.74, 6) is -0.776. The van der Waals surface area contributed by atoms with Crippen molar-refractivity contribution in [1.82, 2.24) is 9.55 Å². The molecule has 3 rings (SSSR count). The highest BCUT2D eigenvalue weighted by molar-refractivity contribution is 6.08. The second kappa shape index (κ2) is 7.77. The van der Waals surface area contributed by atoms with Crippen LogP contribution in [0.5, 0.6) is 5.75 Å². The van der Waals surface area contributed by atoms with Crippen LogP contribution in [0.15, 0.2) is 60.9 Å². The van der Waals surface area contributed by atoms with Crippen LogP contribution in [0.25, 0.3) is 0 Å². The molecule has 0 unspecified atom stereocenters. The molecule has 3 aromatic rings. The van der Waals surface area contributed by atoms with Gasteiger partial charge in [-0.05, 0) is 36.4 Å². The first-order valence-electron chi connectivity index (χ1n) is 7.93. The molecule has 1 N–H and O–H groups in total. The Morgan fingerprint density at radius 3 is 2.44 bits per heavy atom. The van der Waals surface area contributed by atoms with Crippen molar-refractivity contribution in [3.05, 3.63) is 77.9 Å². The van der Waals surface area contributed by atoms with Crippen molar-refractivity contribution in [1.29, 1.82) is 0 Å². The fourth-order valence-electron chi connectivity index (χ4n) is 2.47. The largest absolute Gasteiger partial charge is 0.434 e. The molecule has 1 heterocycles. The fraction of sp³-hybridized carbons (Fsp3) is 0.105. The third-order valence-corrected chi connectivity index (χ3v) is 3.78. The zero-order chi connectivity index (χ0) is 19.4. The summed E-state index contributed by atoms with van der Waals surface area (Å²) in [7, 11) is 1.72. The number of ether oxygens (including phenoxy) is 1. The van der Waals surface area contributed by atoms with E-state index in [1.807, 2.05) is 0 Å². The number of imidazole rings is 1. The summed E-state index contributed by atoms with van der Waals surface area (Å²) in [5, 5.41) is 2.59. The van der Waals surface area contributed by atoms with Crippen LogP contribution in [0.1, 0.15) is 26.5 Å². The number of aryl methyl sites for hydroxylation is 1. The van der Waals surface area contributed by atoms with Gasteiger partial charge >= 0.3 is 6.61 Å². The smallest absolute Gasteiger partial charge is 0.387 e. The Bertz CT molecular complexity index is 968. The van der Waals surface area contributed by atoms with Gasteiger partial charge in [-0.1, -0.05) is 12.1 Å². The molecule has 0 bridgehead atoms. The van der Waals surface area contributed by atoms with Gasteiger partial charge in [-0.2, -0.15) is 8.78 Å². The molecule has 0 aliphatic rings. The number of hydrogen-bond donors (Lipinski definition) is 1. The molecule has 0 atom stereocenters. The highest BCUT2D eigenvalue weighted by Crippen LogP contribution is 2.22. The lowest BCUT2D eigenvalue weighted by Crippen LogP contribution is -2.15. The van der Waals surface area contributed by atoms with Gasteiger partial charge in [0.1, 0.15) is 5.75 Å². The second-order valence-electron chi connectivity index (χ2n) is 5.60. The zero-order valence-electron chi connectivity index (χ0n) is 14.2. The minimum atomic E-state index is -3.03. The molecule has 1 amide bonds. The Hall–Kier alpha value is -3.55. The average molecular weight is 371 g/mol. The molecule has 0 saturated heterocycles. The molecule has 0 fully saturated rings. The van der Waals surface area contributed by atoms with Gasteiger partial charge in [0.2, 0.25) is 5.78 Å². The summed E-state index contributed by atoms with van der Waals surface area (Å²) >= 11 is 0. The number of ketones is 1. The van der Waals surface area contributed by atoms with E-state index in [1.54, 1.807) is 48.1 Å². The number of hydrogen-bond acceptors (Lipinski definition) is 4. The average Bonchev–Trinajstić information content (AvgIpc) is 3.07. The first-order chi connectivity index (χ1) is 13.0. The summed E-state index contributed by atoms with van der Waals surface area (Å²) in [6.07, 6.45) is 3.20. The number of carbonyl (C=O) groups excluding carboxylic acids is 2. The van der Waals surface area contributed by atoms with Gasteiger partial charge in [0.15, 0.2) is 5.82 Å². The summed E-state index contributed by atoms with van der Waals surface area (Å²) in [4.78, 5) is 28.7. The van der Waals surface area contributed by atoms with Crippen LogP contribution in [0.2, 0.25) is 0 Å². The first kappa shape index (κ1) is 18.2. The highest BCUT2D eigenvalue weighted by atomic mass is 19.3. The zero-order valence-corrected chi connectivity index (χ0v) is 14.2. The Labute approximate surface area is 153 Å². The van der Waals surface area contributed by atoms with Crippen LogP contribution < -0.4 is 10.1 Å². The molecular formula is C19H15F2N3O3. The molecule has 0 saturated carbocycles. The van der Waals surface area contributed by atoms with Crippen molar-refractivity contribution >= 4 is 17.4 Å². The number of nitrogens with zero attached hydrogens (tertiary/aromatic N) is 2. The molecule has 0 spiro atoms. The lowest BCUT2D eigenvalue weighted by atomic mass is 10.1. The number of carbonyl (C=O) groups is 2. The Balaban J connectivity index is 1.75. The lowest BCUT2D eigenvalue weighted by Gasteiger charge is -2.11. The molecule has 0 aliphatic carbocycles. The van der Waals surface area contributed by atoms with Crippen LogP contribution in [0.3, 0.4) is 0 Å². The number of nitrogens with one attached hydrogen (secondary N) is 1. The van der Waals surface area contributed by atoms with Crippen LogP contribution in [-0.2, 0) is 7.05 Å². The third-order valence-electron chi connectivity index (χ3n) is 3.78. The maximum Gasteiger partial charge on any atom is 0.387 e. The van der Waals surface area contributed by atoms with E-state index in [1.165, 1.54) is 24.4 Å². The van der Waals surface area contributed by atoms with Crippen molar-refractivity contribution in [2.24, 2.45) is 7.05 Å². The maximum absolute atomic E-state index is 12.5. The van der Waals surface area contributed by atoms with Crippen LogP contribution in [0.4, 0.5) is 14.5 Å². The van der Waals surface area contributed by atoms with Gasteiger partial charge in [0.05, 0.1) is 5.56 Å². The van der Waals surface area contributed by atoms with Gasteiger partial charge in [-0.15, -0.1) is 0 Å². The minimum absolute atomic E-state index is 0.0223. The Morgan fingerprint density at radius 1 is 1.11 bits per heavy atom. The maximum atomic E-state index is 12.5. The standard InChI is InChI=1S/C19H15F2N3O3/c1-24-11-10-22-17(24)16(25)12-6-8-13(9-7-12)23-18(26)14-4-2-3-5-15(14)27-19(20)21/h2-11,19H,1H3,(H,23,26). The topological polar surface area (TPSA) is 73.2 Å². The number of benzene rings is 2. The quantitative estimate of drug-likeness (QED) is 0.673. The van der Waals surface area contributed by atoms with Crippen molar-refractivity contribution in [3.8, 4) is 5.75 Å². The van der Waals surface area contributed by atoms with E-state index in [0.29, 0.717) is 17.1 Å². The second-order valence-corrected chi connectivity index (χ2v) is 5.60. The SMILES string of the molecule is Cn1ccnc1C(=O)c1ccc(NC(=O)c2ccccc2OC(F)F)cc1. The van der Waals surface area contributed by atoms with E-state index in [0.717, 1.165) is 0 Å². The molecular weight excluding hydrogens is 356 g/mol. The number of halogens is 2. The van der Waals surface area contributed by atoms with E-state index in [9.17, 15) is 18.4 Å². The van der Waals surface area contributed by atoms with Gasteiger partial charge in [-0.3, -0.25) is 9.59 Å². The van der Waals surface area contributed by atoms with E-state index in [-0.39, 0.29) is 17.1 Å². The van der Waals surface area contributed by atoms with E-state index >= 15 is 0 Å². The molecule has 1 aromatic heterocycles. The summed E-state index contributed by atoms with van der Waals surface area (Å²) < 4.78 is 30.9. The highest BCUT2D eigenvalue weighted by Gasteiger charge is 2.16. The number of amides is 1. The van der Waals surface area contributed by atoms with E-state index in [4.69, 9.17) is 0 Å². The number of anilines is 1. The van der Waals surface area contributed by atoms with Crippen LogP contribution in [-0.4, -0.2) is 27.9 Å². The van der Waals surface area contributed by atoms with Gasteiger partial charge in [0, 0.05) is 30.7 Å². The van der Waals surface area contributed by atoms with E-state index < -0.39 is 12.5 Å². The Kier molecular flexibility index (Phi) is 5.25. The van der Waals surface area contributed by atoms with Crippen LogP contribution in [0, 0.1) is 0 Å². The molecule has 0 aliphatic heterocycles. The fourth-order valence-corrected chi connectivity index (χ4v) is 2.47. The normalized spacial score (nSPS) is 10.7. The monoisotopic (exact) mass is 371 g/mol. The minimum Gasteiger partial charge on any atom is -0.434 e. The number of para-hydroxylation sites is 1. The van der Waals surface area contributed by atoms with E-state index in [2.05, 4.69) is 15.0 Å². The number of alkyl halides is 2. The van der Waals surface area contributed by atoms with Crippen molar-refractivity contribution in [2.45, 2.75) is 6.61 Å². The van der Waals surface area contributed by atoms with Gasteiger partial charge in [-0.25, -0.2) is 4.98 Å². The Morgan fingerprint density at radius 2 is 1.81 bits per heavy atom. The summed E-state index contributed by atoms with van der Waals surface area (Å²) in [6, 6.07) is 11.9. The summed E-state index contributed by atoms with van der Waals surface area (Å²) in [6.45, 7) is -3.03. The predicted octanol–water partition coefficient (Wildman–Crippen LogP) is 3.50. The van der Waals surface area contributed by atoms with Gasteiger partial charge in [0.25, 0.3) is 5.91 Å². The molecule has 2 aromatic carbocycles. The van der Waals surface area contributed by atoms with Crippen LogP contribution >= 0.6 is 0 Å². The third kappa shape index (κ3) is 4.17. The van der Waals surface area contributed by atoms with Gasteiger partial charge < -0.3 is 14.6 Å². The van der Waals surface area contributed by atoms with Crippen molar-refractivity contribution in [2.75, 3.05) is 5.32 Å². The van der Waals surface area contributed by atoms with Crippen molar-refractivity contribution in [3.63, 3.8) is 0 Å². The predicted molar refractivity (Wildman–Crippen MR) is 94.1 cm³/mol. The summed E-state index contributed by atoms with van der Waals surface area (Å²) in [5.41, 5.74) is 0.790.